The zero-order valence-corrected chi connectivity index (χ0v) is 9.66. The van der Waals surface area contributed by atoms with Crippen LogP contribution in [0.1, 0.15) is 13.3 Å². The molecule has 0 aromatic carbocycles. The second kappa shape index (κ2) is 3.73. The molecule has 2 heterocycles. The summed E-state index contributed by atoms with van der Waals surface area (Å²) in [6.07, 6.45) is 1.20. The van der Waals surface area contributed by atoms with Gasteiger partial charge in [-0.1, -0.05) is 6.92 Å². The molecule has 1 unspecified atom stereocenters. The maximum Gasteiger partial charge on any atom is 0.228 e. The molecular weight excluding hydrogens is 244 g/mol. The summed E-state index contributed by atoms with van der Waals surface area (Å²) >= 11 is 3.32. The van der Waals surface area contributed by atoms with Crippen molar-refractivity contribution < 1.29 is 0 Å². The Bertz CT molecular complexity index is 321. The normalized spacial score (nSPS) is 21.6. The molecule has 1 atom stereocenters. The zero-order valence-electron chi connectivity index (χ0n) is 8.07. The van der Waals surface area contributed by atoms with E-state index in [2.05, 4.69) is 37.7 Å². The van der Waals surface area contributed by atoms with Crippen LogP contribution < -0.4 is 10.6 Å². The van der Waals surface area contributed by atoms with Crippen LogP contribution in [0.25, 0.3) is 0 Å². The van der Waals surface area contributed by atoms with E-state index in [0.717, 1.165) is 29.6 Å². The largest absolute Gasteiger partial charge is 0.383 e. The number of aromatic nitrogens is 2. The molecule has 0 aliphatic carbocycles. The fraction of sp³-hybridized carbons (Fsp3) is 0.556. The summed E-state index contributed by atoms with van der Waals surface area (Å²) in [6.45, 7) is 4.29. The van der Waals surface area contributed by atoms with Gasteiger partial charge >= 0.3 is 0 Å². The van der Waals surface area contributed by atoms with Gasteiger partial charge in [0.25, 0.3) is 0 Å². The molecule has 0 bridgehead atoms. The van der Waals surface area contributed by atoms with Gasteiger partial charge in [0.1, 0.15) is 10.4 Å². The van der Waals surface area contributed by atoms with E-state index < -0.39 is 0 Å². The molecule has 5 heteroatoms. The van der Waals surface area contributed by atoms with Gasteiger partial charge in [0, 0.05) is 19.2 Å². The van der Waals surface area contributed by atoms with Crippen LogP contribution in [-0.2, 0) is 0 Å². The van der Waals surface area contributed by atoms with E-state index in [4.69, 9.17) is 5.73 Å². The molecule has 1 aromatic rings. The fourth-order valence-electron chi connectivity index (χ4n) is 1.68. The number of halogens is 1. The van der Waals surface area contributed by atoms with Gasteiger partial charge in [-0.3, -0.25) is 0 Å². The van der Waals surface area contributed by atoms with Gasteiger partial charge in [-0.05, 0) is 28.3 Å². The van der Waals surface area contributed by atoms with E-state index in [0.29, 0.717) is 5.82 Å². The number of rotatable bonds is 1. The predicted octanol–water partition coefficient (Wildman–Crippen LogP) is 1.67. The molecule has 2 N–H and O–H groups in total. The number of nitrogens with two attached hydrogens (primary N) is 1. The number of anilines is 2. The van der Waals surface area contributed by atoms with Crippen LogP contribution in [-0.4, -0.2) is 23.1 Å². The van der Waals surface area contributed by atoms with Crippen LogP contribution in [0.3, 0.4) is 0 Å². The number of nitrogens with zero attached hydrogens (tertiary/aromatic N) is 3. The van der Waals surface area contributed by atoms with Crippen molar-refractivity contribution in [1.29, 1.82) is 0 Å². The topological polar surface area (TPSA) is 55.0 Å². The summed E-state index contributed by atoms with van der Waals surface area (Å²) in [7, 11) is 0. The minimum Gasteiger partial charge on any atom is -0.383 e. The van der Waals surface area contributed by atoms with Gasteiger partial charge in [-0.2, -0.15) is 4.98 Å². The Labute approximate surface area is 91.7 Å². The number of hydrogen-bond acceptors (Lipinski definition) is 4. The Kier molecular flexibility index (Phi) is 2.58. The van der Waals surface area contributed by atoms with Crippen molar-refractivity contribution in [3.8, 4) is 0 Å². The molecule has 1 fully saturated rings. The first-order chi connectivity index (χ1) is 6.65. The van der Waals surface area contributed by atoms with Gasteiger partial charge < -0.3 is 10.6 Å². The third-order valence-electron chi connectivity index (χ3n) is 2.41. The first-order valence-corrected chi connectivity index (χ1v) is 5.49. The first kappa shape index (κ1) is 9.71. The third-order valence-corrected chi connectivity index (χ3v) is 2.82. The molecule has 14 heavy (non-hydrogen) atoms. The molecule has 76 valence electrons. The quantitative estimate of drug-likeness (QED) is 0.777. The Morgan fingerprint density at radius 1 is 1.57 bits per heavy atom. The van der Waals surface area contributed by atoms with Crippen LogP contribution in [0, 0.1) is 5.92 Å². The summed E-state index contributed by atoms with van der Waals surface area (Å²) in [5, 5.41) is 0. The minimum absolute atomic E-state index is 0.515. The van der Waals surface area contributed by atoms with Gasteiger partial charge in [0.2, 0.25) is 5.95 Å². The van der Waals surface area contributed by atoms with E-state index in [1.807, 2.05) is 0 Å². The molecule has 4 nitrogen and oxygen atoms in total. The highest BCUT2D eigenvalue weighted by Gasteiger charge is 2.21. The lowest BCUT2D eigenvalue weighted by atomic mass is 10.2. The van der Waals surface area contributed by atoms with Crippen molar-refractivity contribution in [2.45, 2.75) is 13.3 Å². The zero-order chi connectivity index (χ0) is 10.1. The minimum atomic E-state index is 0.515. The van der Waals surface area contributed by atoms with Crippen molar-refractivity contribution in [3.63, 3.8) is 0 Å². The smallest absolute Gasteiger partial charge is 0.228 e. The lowest BCUT2D eigenvalue weighted by molar-refractivity contribution is 0.658. The van der Waals surface area contributed by atoms with E-state index >= 15 is 0 Å². The second-order valence-corrected chi connectivity index (χ2v) is 4.57. The summed E-state index contributed by atoms with van der Waals surface area (Å²) < 4.78 is 0.750. The monoisotopic (exact) mass is 256 g/mol. The molecule has 2 rings (SSSR count). The van der Waals surface area contributed by atoms with E-state index in [1.165, 1.54) is 6.42 Å². The Hall–Kier alpha value is -0.840. The molecule has 0 amide bonds. The van der Waals surface area contributed by atoms with Crippen molar-refractivity contribution in [3.05, 3.63) is 10.7 Å². The first-order valence-electron chi connectivity index (χ1n) is 4.70. The molecule has 0 radical (unpaired) electrons. The summed E-state index contributed by atoms with van der Waals surface area (Å²) in [5.74, 6) is 1.97. The van der Waals surface area contributed by atoms with Crippen molar-refractivity contribution in [2.24, 2.45) is 5.92 Å². The van der Waals surface area contributed by atoms with Crippen LogP contribution >= 0.6 is 15.9 Å². The van der Waals surface area contributed by atoms with Crippen LogP contribution in [0.4, 0.5) is 11.8 Å². The fourth-order valence-corrected chi connectivity index (χ4v) is 2.07. The van der Waals surface area contributed by atoms with Gasteiger partial charge in [-0.25, -0.2) is 4.98 Å². The lowest BCUT2D eigenvalue weighted by Crippen LogP contribution is -2.22. The van der Waals surface area contributed by atoms with Gasteiger partial charge in [-0.15, -0.1) is 0 Å². The molecule has 1 aliphatic rings. The van der Waals surface area contributed by atoms with Crippen LogP contribution in [0.5, 0.6) is 0 Å². The average molecular weight is 257 g/mol. The Morgan fingerprint density at radius 3 is 2.93 bits per heavy atom. The SMILES string of the molecule is CC1CCN(c2nc(N)cc(Br)n2)C1. The summed E-state index contributed by atoms with van der Waals surface area (Å²) in [6, 6.07) is 1.71. The van der Waals surface area contributed by atoms with Crippen molar-refractivity contribution >= 4 is 27.7 Å². The van der Waals surface area contributed by atoms with Crippen LogP contribution in [0.15, 0.2) is 10.7 Å². The highest BCUT2D eigenvalue weighted by atomic mass is 79.9. The average Bonchev–Trinajstić information content (AvgIpc) is 2.50. The third kappa shape index (κ3) is 1.97. The van der Waals surface area contributed by atoms with E-state index in [-0.39, 0.29) is 0 Å². The summed E-state index contributed by atoms with van der Waals surface area (Å²) in [5.41, 5.74) is 5.65. The van der Waals surface area contributed by atoms with Crippen molar-refractivity contribution in [2.75, 3.05) is 23.7 Å². The van der Waals surface area contributed by atoms with Gasteiger partial charge in [0.15, 0.2) is 0 Å². The summed E-state index contributed by atoms with van der Waals surface area (Å²) in [4.78, 5) is 10.7. The molecule has 0 spiro atoms. The van der Waals surface area contributed by atoms with E-state index in [1.54, 1.807) is 6.07 Å². The maximum absolute atomic E-state index is 5.65. The van der Waals surface area contributed by atoms with E-state index in [9.17, 15) is 0 Å². The van der Waals surface area contributed by atoms with Crippen molar-refractivity contribution in [1.82, 2.24) is 9.97 Å². The Morgan fingerprint density at radius 2 is 2.36 bits per heavy atom. The maximum atomic E-state index is 5.65. The predicted molar refractivity (Wildman–Crippen MR) is 60.1 cm³/mol. The number of nitrogen functional groups attached to an aromatic ring is 1. The lowest BCUT2D eigenvalue weighted by Gasteiger charge is -2.15. The Balaban J connectivity index is 2.23. The molecule has 1 aromatic heterocycles. The molecular formula is C9H13BrN4. The van der Waals surface area contributed by atoms with Crippen LogP contribution in [0.2, 0.25) is 0 Å². The standard InChI is InChI=1S/C9H13BrN4/c1-6-2-3-14(5-6)9-12-7(10)4-8(11)13-9/h4,6H,2-3,5H2,1H3,(H2,11,12,13). The molecule has 0 saturated carbocycles. The molecule has 1 aliphatic heterocycles. The second-order valence-electron chi connectivity index (χ2n) is 3.76. The highest BCUT2D eigenvalue weighted by Crippen LogP contribution is 2.22. The molecule has 1 saturated heterocycles. The highest BCUT2D eigenvalue weighted by molar-refractivity contribution is 9.10. The van der Waals surface area contributed by atoms with Gasteiger partial charge in [0.05, 0.1) is 0 Å². The number of hydrogen-bond donors (Lipinski definition) is 1.